The van der Waals surface area contributed by atoms with Gasteiger partial charge in [-0.1, -0.05) is 42.8 Å². The number of fused-ring (bicyclic) bond motifs is 3. The van der Waals surface area contributed by atoms with E-state index >= 15 is 0 Å². The van der Waals surface area contributed by atoms with Gasteiger partial charge in [0, 0.05) is 12.1 Å². The third-order valence-corrected chi connectivity index (χ3v) is 7.10. The Morgan fingerprint density at radius 1 is 1.15 bits per heavy atom. The van der Waals surface area contributed by atoms with Gasteiger partial charge < -0.3 is 10.1 Å². The number of hydrogen-bond acceptors (Lipinski definition) is 6. The molecule has 1 fully saturated rings. The molecule has 1 aliphatic carbocycles. The van der Waals surface area contributed by atoms with Crippen molar-refractivity contribution in [2.75, 3.05) is 7.11 Å². The molecule has 1 amide bonds. The van der Waals surface area contributed by atoms with Gasteiger partial charge in [-0.15, -0.1) is 10.2 Å². The topological polar surface area (TPSA) is 90.5 Å². The second-order valence-electron chi connectivity index (χ2n) is 8.23. The number of aromatic nitrogens is 4. The van der Waals surface area contributed by atoms with Gasteiger partial charge >= 0.3 is 0 Å². The summed E-state index contributed by atoms with van der Waals surface area (Å²) in [6.45, 7) is 1.87. The first-order valence-electron chi connectivity index (χ1n) is 11.1. The first-order valence-corrected chi connectivity index (χ1v) is 11.9. The van der Waals surface area contributed by atoms with Crippen molar-refractivity contribution in [3.8, 4) is 11.4 Å². The maximum Gasteiger partial charge on any atom is 0.267 e. The molecule has 1 unspecified atom stereocenters. The van der Waals surface area contributed by atoms with E-state index in [4.69, 9.17) is 4.74 Å². The van der Waals surface area contributed by atoms with Crippen LogP contribution in [0.25, 0.3) is 22.4 Å². The van der Waals surface area contributed by atoms with Gasteiger partial charge in [-0.25, -0.2) is 4.57 Å². The van der Waals surface area contributed by atoms with Crippen molar-refractivity contribution in [2.45, 2.75) is 49.1 Å². The zero-order chi connectivity index (χ0) is 22.9. The predicted molar refractivity (Wildman–Crippen MR) is 128 cm³/mol. The van der Waals surface area contributed by atoms with E-state index in [-0.39, 0.29) is 22.8 Å². The second kappa shape index (κ2) is 8.90. The summed E-state index contributed by atoms with van der Waals surface area (Å²) in [6, 6.07) is 14.9. The number of thioether (sulfide) groups is 1. The summed E-state index contributed by atoms with van der Waals surface area (Å²) < 4.78 is 8.73. The number of ether oxygens (including phenoxy) is 1. The van der Waals surface area contributed by atoms with E-state index in [1.807, 2.05) is 47.7 Å². The van der Waals surface area contributed by atoms with Crippen LogP contribution in [0.3, 0.4) is 0 Å². The van der Waals surface area contributed by atoms with Crippen molar-refractivity contribution >= 4 is 34.3 Å². The van der Waals surface area contributed by atoms with Gasteiger partial charge in [-0.05, 0) is 44.0 Å². The molecule has 1 aliphatic rings. The smallest absolute Gasteiger partial charge is 0.267 e. The van der Waals surface area contributed by atoms with Crippen LogP contribution in [-0.4, -0.2) is 43.5 Å². The zero-order valence-corrected chi connectivity index (χ0v) is 19.3. The number of carbonyl (C=O) groups excluding carboxylic acids is 1. The molecule has 0 bridgehead atoms. The maximum absolute atomic E-state index is 13.4. The molecule has 8 nitrogen and oxygen atoms in total. The fourth-order valence-corrected chi connectivity index (χ4v) is 5.20. The van der Waals surface area contributed by atoms with Crippen molar-refractivity contribution in [2.24, 2.45) is 0 Å². The quantitative estimate of drug-likeness (QED) is 0.440. The second-order valence-corrected chi connectivity index (χ2v) is 9.54. The summed E-state index contributed by atoms with van der Waals surface area (Å²) in [5, 5.41) is 12.6. The number of nitrogens with one attached hydrogen (secondary N) is 1. The monoisotopic (exact) mass is 463 g/mol. The van der Waals surface area contributed by atoms with Crippen LogP contribution in [0.4, 0.5) is 0 Å². The van der Waals surface area contributed by atoms with Crippen LogP contribution in [-0.2, 0) is 4.79 Å². The molecule has 2 heterocycles. The Morgan fingerprint density at radius 3 is 2.73 bits per heavy atom. The van der Waals surface area contributed by atoms with E-state index in [1.165, 1.54) is 16.3 Å². The van der Waals surface area contributed by atoms with Gasteiger partial charge in [-0.3, -0.25) is 14.0 Å². The Bertz CT molecular complexity index is 1390. The molecular weight excluding hydrogens is 438 g/mol. The lowest BCUT2D eigenvalue weighted by atomic mass is 10.2. The minimum Gasteiger partial charge on any atom is -0.497 e. The molecule has 9 heteroatoms. The number of carbonyl (C=O) groups is 1. The highest BCUT2D eigenvalue weighted by molar-refractivity contribution is 8.00. The third kappa shape index (κ3) is 3.97. The number of methoxy groups -OCH3 is 1. The number of amides is 1. The number of nitrogens with zero attached hydrogens (tertiary/aromatic N) is 4. The predicted octanol–water partition coefficient (Wildman–Crippen LogP) is 3.58. The van der Waals surface area contributed by atoms with Crippen LogP contribution < -0.4 is 15.6 Å². The lowest BCUT2D eigenvalue weighted by Crippen LogP contribution is -2.37. The molecule has 0 radical (unpaired) electrons. The summed E-state index contributed by atoms with van der Waals surface area (Å²) in [7, 11) is 1.59. The van der Waals surface area contributed by atoms with Gasteiger partial charge in [0.2, 0.25) is 11.7 Å². The van der Waals surface area contributed by atoms with Crippen LogP contribution in [0.1, 0.15) is 32.6 Å². The summed E-state index contributed by atoms with van der Waals surface area (Å²) >= 11 is 1.34. The van der Waals surface area contributed by atoms with Crippen molar-refractivity contribution < 1.29 is 9.53 Å². The van der Waals surface area contributed by atoms with E-state index in [0.29, 0.717) is 33.3 Å². The zero-order valence-electron chi connectivity index (χ0n) is 18.5. The van der Waals surface area contributed by atoms with Gasteiger partial charge in [0.15, 0.2) is 5.16 Å². The van der Waals surface area contributed by atoms with Crippen LogP contribution in [0.2, 0.25) is 0 Å². The standard InChI is InChI=1S/C24H25N5O3S/c1-15(21(30)25-16-8-3-4-9-16)33-24-27-26-23-28(17-10-7-11-18(14-17)32-2)22(31)19-12-5-6-13-20(19)29(23)24/h5-7,10-16H,3-4,8-9H2,1-2H3,(H,25,30). The molecule has 170 valence electrons. The molecule has 1 atom stereocenters. The first kappa shape index (κ1) is 21.5. The SMILES string of the molecule is COc1cccc(-n2c(=O)c3ccccc3n3c(SC(C)C(=O)NC4CCCC4)nnc23)c1. The molecule has 5 rings (SSSR count). The first-order chi connectivity index (χ1) is 16.1. The molecule has 1 saturated carbocycles. The fourth-order valence-electron chi connectivity index (χ4n) is 4.34. The minimum absolute atomic E-state index is 0.00549. The van der Waals surface area contributed by atoms with Crippen molar-refractivity contribution in [1.82, 2.24) is 24.5 Å². The Labute approximate surface area is 195 Å². The average Bonchev–Trinajstić information content (AvgIpc) is 3.49. The van der Waals surface area contributed by atoms with Crippen LogP contribution in [0, 0.1) is 0 Å². The van der Waals surface area contributed by atoms with Crippen LogP contribution >= 0.6 is 11.8 Å². The molecule has 0 aliphatic heterocycles. The molecule has 2 aromatic carbocycles. The van der Waals surface area contributed by atoms with Crippen molar-refractivity contribution in [1.29, 1.82) is 0 Å². The van der Waals surface area contributed by atoms with Gasteiger partial charge in [0.1, 0.15) is 5.75 Å². The van der Waals surface area contributed by atoms with E-state index in [1.54, 1.807) is 19.2 Å². The number of benzene rings is 2. The molecule has 4 aromatic rings. The molecule has 1 N–H and O–H groups in total. The van der Waals surface area contributed by atoms with Gasteiger partial charge in [-0.2, -0.15) is 0 Å². The maximum atomic E-state index is 13.4. The van der Waals surface area contributed by atoms with Crippen molar-refractivity contribution in [3.05, 3.63) is 58.9 Å². The van der Waals surface area contributed by atoms with E-state index in [2.05, 4.69) is 15.5 Å². The van der Waals surface area contributed by atoms with Crippen molar-refractivity contribution in [3.63, 3.8) is 0 Å². The highest BCUT2D eigenvalue weighted by Crippen LogP contribution is 2.27. The lowest BCUT2D eigenvalue weighted by Gasteiger charge is -2.16. The van der Waals surface area contributed by atoms with Crippen LogP contribution in [0.5, 0.6) is 5.75 Å². The largest absolute Gasteiger partial charge is 0.497 e. The summed E-state index contributed by atoms with van der Waals surface area (Å²) in [5.74, 6) is 1.02. The average molecular weight is 464 g/mol. The number of rotatable bonds is 6. The van der Waals surface area contributed by atoms with E-state index < -0.39 is 0 Å². The summed E-state index contributed by atoms with van der Waals surface area (Å²) in [4.78, 5) is 26.2. The molecular formula is C24H25N5O3S. The Hall–Kier alpha value is -3.33. The van der Waals surface area contributed by atoms with E-state index in [0.717, 1.165) is 25.7 Å². The third-order valence-electron chi connectivity index (χ3n) is 6.06. The number of para-hydroxylation sites is 1. The lowest BCUT2D eigenvalue weighted by molar-refractivity contribution is -0.120. The molecule has 0 saturated heterocycles. The van der Waals surface area contributed by atoms with Crippen LogP contribution in [0.15, 0.2) is 58.5 Å². The molecule has 0 spiro atoms. The number of hydrogen-bond donors (Lipinski definition) is 1. The Kier molecular flexibility index (Phi) is 5.80. The highest BCUT2D eigenvalue weighted by Gasteiger charge is 2.24. The van der Waals surface area contributed by atoms with Gasteiger partial charge in [0.05, 0.1) is 29.0 Å². The highest BCUT2D eigenvalue weighted by atomic mass is 32.2. The Morgan fingerprint density at radius 2 is 1.94 bits per heavy atom. The summed E-state index contributed by atoms with van der Waals surface area (Å²) in [6.07, 6.45) is 4.40. The minimum atomic E-state index is -0.353. The fraction of sp³-hybridized carbons (Fsp3) is 0.333. The van der Waals surface area contributed by atoms with Gasteiger partial charge in [0.25, 0.3) is 5.56 Å². The normalized spacial score (nSPS) is 15.2. The molecule has 2 aromatic heterocycles. The molecule has 33 heavy (non-hydrogen) atoms. The van der Waals surface area contributed by atoms with E-state index in [9.17, 15) is 9.59 Å². The Balaban J connectivity index is 1.61. The summed E-state index contributed by atoms with van der Waals surface area (Å²) in [5.41, 5.74) is 1.14.